The van der Waals surface area contributed by atoms with E-state index < -0.39 is 17.6 Å². The van der Waals surface area contributed by atoms with Crippen LogP contribution in [0.4, 0.5) is 5.69 Å². The third kappa shape index (κ3) is 3.35. The van der Waals surface area contributed by atoms with Gasteiger partial charge in [0.05, 0.1) is 0 Å². The SMILES string of the molecule is CC(=O)O/C(C#N)=C(\O)Nc1ccccc1. The monoisotopic (exact) mass is 218 g/mol. The predicted molar refractivity (Wildman–Crippen MR) is 57.1 cm³/mol. The average Bonchev–Trinajstić information content (AvgIpc) is 2.26. The summed E-state index contributed by atoms with van der Waals surface area (Å²) in [5.41, 5.74) is 0.583. The zero-order chi connectivity index (χ0) is 12.0. The maximum Gasteiger partial charge on any atom is 0.308 e. The summed E-state index contributed by atoms with van der Waals surface area (Å²) in [7, 11) is 0. The highest BCUT2D eigenvalue weighted by Gasteiger charge is 2.09. The summed E-state index contributed by atoms with van der Waals surface area (Å²) in [6.45, 7) is 1.15. The number of aliphatic hydroxyl groups excluding tert-OH is 1. The number of anilines is 1. The van der Waals surface area contributed by atoms with E-state index in [9.17, 15) is 9.90 Å². The third-order valence-corrected chi connectivity index (χ3v) is 1.60. The van der Waals surface area contributed by atoms with E-state index in [1.54, 1.807) is 30.3 Å². The Hall–Kier alpha value is -2.48. The van der Waals surface area contributed by atoms with Crippen molar-refractivity contribution in [1.29, 1.82) is 5.26 Å². The van der Waals surface area contributed by atoms with Crippen molar-refractivity contribution in [1.82, 2.24) is 0 Å². The molecule has 1 rings (SSSR count). The van der Waals surface area contributed by atoms with Crippen LogP contribution in [0.5, 0.6) is 0 Å². The molecule has 0 fully saturated rings. The van der Waals surface area contributed by atoms with Gasteiger partial charge in [0.2, 0.25) is 5.88 Å². The van der Waals surface area contributed by atoms with Crippen LogP contribution in [0.2, 0.25) is 0 Å². The zero-order valence-corrected chi connectivity index (χ0v) is 8.60. The average molecular weight is 218 g/mol. The van der Waals surface area contributed by atoms with Crippen LogP contribution in [0.25, 0.3) is 0 Å². The van der Waals surface area contributed by atoms with Crippen molar-refractivity contribution in [3.8, 4) is 6.07 Å². The van der Waals surface area contributed by atoms with Gasteiger partial charge in [-0.1, -0.05) is 18.2 Å². The van der Waals surface area contributed by atoms with Crippen LogP contribution in [0, 0.1) is 11.3 Å². The summed E-state index contributed by atoms with van der Waals surface area (Å²) < 4.78 is 4.50. The summed E-state index contributed by atoms with van der Waals surface area (Å²) in [5.74, 6) is -1.63. The molecule has 0 aromatic heterocycles. The molecule has 5 nitrogen and oxygen atoms in total. The lowest BCUT2D eigenvalue weighted by Gasteiger charge is -2.06. The Morgan fingerprint density at radius 2 is 2.06 bits per heavy atom. The van der Waals surface area contributed by atoms with Crippen LogP contribution in [0.1, 0.15) is 6.92 Å². The largest absolute Gasteiger partial charge is 0.491 e. The molecule has 0 aliphatic carbocycles. The number of hydrogen-bond acceptors (Lipinski definition) is 5. The van der Waals surface area contributed by atoms with E-state index in [1.165, 1.54) is 0 Å². The lowest BCUT2D eigenvalue weighted by molar-refractivity contribution is -0.136. The Kier molecular flexibility index (Phi) is 3.92. The van der Waals surface area contributed by atoms with Gasteiger partial charge in [0.1, 0.15) is 6.07 Å². The number of nitrogens with zero attached hydrogens (tertiary/aromatic N) is 1. The highest BCUT2D eigenvalue weighted by Crippen LogP contribution is 2.10. The Morgan fingerprint density at radius 3 is 2.56 bits per heavy atom. The molecular weight excluding hydrogens is 208 g/mol. The van der Waals surface area contributed by atoms with Gasteiger partial charge >= 0.3 is 5.97 Å². The number of hydrogen-bond donors (Lipinski definition) is 2. The van der Waals surface area contributed by atoms with Crippen LogP contribution in [0.15, 0.2) is 42.0 Å². The number of carbonyl (C=O) groups is 1. The first-order chi connectivity index (χ1) is 7.63. The molecule has 0 heterocycles. The minimum atomic E-state index is -0.669. The number of esters is 1. The number of para-hydroxylation sites is 1. The maximum atomic E-state index is 10.6. The van der Waals surface area contributed by atoms with Crippen LogP contribution < -0.4 is 5.32 Å². The molecule has 0 saturated carbocycles. The second-order valence-corrected chi connectivity index (χ2v) is 2.87. The van der Waals surface area contributed by atoms with Crippen molar-refractivity contribution in [2.75, 3.05) is 5.32 Å². The van der Waals surface area contributed by atoms with Gasteiger partial charge in [-0.2, -0.15) is 5.26 Å². The van der Waals surface area contributed by atoms with E-state index in [1.807, 2.05) is 6.07 Å². The zero-order valence-electron chi connectivity index (χ0n) is 8.60. The molecule has 5 heteroatoms. The van der Waals surface area contributed by atoms with Gasteiger partial charge in [0.15, 0.2) is 0 Å². The van der Waals surface area contributed by atoms with Gasteiger partial charge in [0.25, 0.3) is 5.76 Å². The standard InChI is InChI=1S/C11H10N2O3/c1-8(14)16-10(7-12)11(15)13-9-5-3-2-4-6-9/h2-6,13,15H,1H3/b11-10-. The molecule has 0 bridgehead atoms. The fourth-order valence-electron chi connectivity index (χ4n) is 0.983. The number of nitrogens with one attached hydrogen (secondary N) is 1. The van der Waals surface area contributed by atoms with E-state index in [-0.39, 0.29) is 0 Å². The van der Waals surface area contributed by atoms with Crippen molar-refractivity contribution in [2.45, 2.75) is 6.92 Å². The quantitative estimate of drug-likeness (QED) is 0.460. The van der Waals surface area contributed by atoms with E-state index in [0.717, 1.165) is 6.92 Å². The molecule has 0 radical (unpaired) electrons. The molecule has 0 unspecified atom stereocenters. The van der Waals surface area contributed by atoms with Gasteiger partial charge in [-0.25, -0.2) is 0 Å². The van der Waals surface area contributed by atoms with E-state index in [4.69, 9.17) is 5.26 Å². The molecule has 16 heavy (non-hydrogen) atoms. The number of benzene rings is 1. The number of allylic oxidation sites excluding steroid dienone is 1. The molecule has 0 atom stereocenters. The van der Waals surface area contributed by atoms with Gasteiger partial charge in [0, 0.05) is 12.6 Å². The first-order valence-corrected chi connectivity index (χ1v) is 4.47. The van der Waals surface area contributed by atoms with Crippen molar-refractivity contribution in [3.05, 3.63) is 42.0 Å². The van der Waals surface area contributed by atoms with Crippen LogP contribution in [0.3, 0.4) is 0 Å². The smallest absolute Gasteiger partial charge is 0.308 e. The van der Waals surface area contributed by atoms with Crippen molar-refractivity contribution >= 4 is 11.7 Å². The number of carbonyl (C=O) groups excluding carboxylic acids is 1. The van der Waals surface area contributed by atoms with E-state index in [0.29, 0.717) is 5.69 Å². The summed E-state index contributed by atoms with van der Waals surface area (Å²) in [6.07, 6.45) is 0. The minimum absolute atomic E-state index is 0.462. The first kappa shape index (κ1) is 11.6. The Morgan fingerprint density at radius 1 is 1.44 bits per heavy atom. The van der Waals surface area contributed by atoms with Crippen LogP contribution in [-0.4, -0.2) is 11.1 Å². The van der Waals surface area contributed by atoms with Crippen molar-refractivity contribution in [2.24, 2.45) is 0 Å². The topological polar surface area (TPSA) is 82.4 Å². The van der Waals surface area contributed by atoms with Crippen molar-refractivity contribution in [3.63, 3.8) is 0 Å². The molecule has 82 valence electrons. The Bertz CT molecular complexity index is 446. The fraction of sp³-hybridized carbons (Fsp3) is 0.0909. The summed E-state index contributed by atoms with van der Waals surface area (Å²) in [6, 6.07) is 10.3. The van der Waals surface area contributed by atoms with Gasteiger partial charge in [-0.3, -0.25) is 4.79 Å². The molecule has 1 aromatic carbocycles. The highest BCUT2D eigenvalue weighted by molar-refractivity contribution is 5.68. The first-order valence-electron chi connectivity index (χ1n) is 4.47. The van der Waals surface area contributed by atoms with Crippen LogP contribution >= 0.6 is 0 Å². The van der Waals surface area contributed by atoms with Gasteiger partial charge in [-0.15, -0.1) is 0 Å². The molecular formula is C11H10N2O3. The van der Waals surface area contributed by atoms with Crippen molar-refractivity contribution < 1.29 is 14.6 Å². The Labute approximate surface area is 92.6 Å². The molecule has 0 aliphatic heterocycles. The van der Waals surface area contributed by atoms with E-state index in [2.05, 4.69) is 10.1 Å². The number of ether oxygens (including phenoxy) is 1. The second kappa shape index (κ2) is 5.41. The summed E-state index contributed by atoms with van der Waals surface area (Å²) >= 11 is 0. The molecule has 0 saturated heterocycles. The molecule has 1 aromatic rings. The summed E-state index contributed by atoms with van der Waals surface area (Å²) in [5, 5.41) is 20.7. The maximum absolute atomic E-state index is 10.6. The lowest BCUT2D eigenvalue weighted by Crippen LogP contribution is -2.07. The second-order valence-electron chi connectivity index (χ2n) is 2.87. The molecule has 0 spiro atoms. The number of rotatable bonds is 3. The van der Waals surface area contributed by atoms with Gasteiger partial charge < -0.3 is 15.2 Å². The summed E-state index contributed by atoms with van der Waals surface area (Å²) in [4.78, 5) is 10.6. The number of nitriles is 1. The molecule has 0 amide bonds. The normalized spacial score (nSPS) is 11.0. The lowest BCUT2D eigenvalue weighted by atomic mass is 10.3. The third-order valence-electron chi connectivity index (χ3n) is 1.60. The number of aliphatic hydroxyl groups is 1. The van der Waals surface area contributed by atoms with Gasteiger partial charge in [-0.05, 0) is 12.1 Å². The van der Waals surface area contributed by atoms with Crippen LogP contribution in [-0.2, 0) is 9.53 Å². The fourth-order valence-corrected chi connectivity index (χ4v) is 0.983. The Balaban J connectivity index is 2.83. The van der Waals surface area contributed by atoms with E-state index >= 15 is 0 Å². The molecule has 2 N–H and O–H groups in total. The highest BCUT2D eigenvalue weighted by atomic mass is 16.5. The molecule has 0 aliphatic rings. The minimum Gasteiger partial charge on any atom is -0.491 e. The predicted octanol–water partition coefficient (Wildman–Crippen LogP) is 1.91.